The fourth-order valence-electron chi connectivity index (χ4n) is 5.15. The quantitative estimate of drug-likeness (QED) is 0.248. The Kier molecular flexibility index (Phi) is 12.7. The summed E-state index contributed by atoms with van der Waals surface area (Å²) in [5, 5.41) is 4.49. The highest BCUT2D eigenvalue weighted by atomic mass is 32.1. The van der Waals surface area contributed by atoms with Crippen molar-refractivity contribution >= 4 is 22.7 Å². The first-order valence-corrected chi connectivity index (χ1v) is 15.9. The van der Waals surface area contributed by atoms with Crippen LogP contribution in [0.2, 0.25) is 0 Å². The summed E-state index contributed by atoms with van der Waals surface area (Å²) in [4.78, 5) is 2.82. The number of fused-ring (bicyclic) bond motifs is 3. The Balaban J connectivity index is 0.00000199. The minimum absolute atomic E-state index is 0.137. The van der Waals surface area contributed by atoms with E-state index in [1.807, 2.05) is 36.5 Å². The maximum atomic E-state index is 6.95. The van der Waals surface area contributed by atoms with Gasteiger partial charge in [-0.15, -0.1) is 22.7 Å². The zero-order valence-corrected chi connectivity index (χ0v) is 25.0. The molecule has 0 saturated heterocycles. The van der Waals surface area contributed by atoms with Crippen molar-refractivity contribution in [3.63, 3.8) is 0 Å². The van der Waals surface area contributed by atoms with Crippen LogP contribution in [-0.4, -0.2) is 0 Å². The molecule has 194 valence electrons. The molecule has 1 aliphatic rings. The molecule has 0 spiro atoms. The van der Waals surface area contributed by atoms with E-state index in [1.165, 1.54) is 66.7 Å². The second-order valence-corrected chi connectivity index (χ2v) is 13.1. The summed E-state index contributed by atoms with van der Waals surface area (Å²) in [7, 11) is 0. The molecule has 2 atom stereocenters. The van der Waals surface area contributed by atoms with E-state index in [4.69, 9.17) is 4.74 Å². The Bertz CT molecular complexity index is 776. The molecular formula is C31H52OS2. The van der Waals surface area contributed by atoms with Gasteiger partial charge in [-0.1, -0.05) is 93.9 Å². The highest BCUT2D eigenvalue weighted by molar-refractivity contribution is 7.20. The lowest BCUT2D eigenvalue weighted by atomic mass is 9.79. The third kappa shape index (κ3) is 8.40. The first-order chi connectivity index (χ1) is 16.3. The highest BCUT2D eigenvalue weighted by Gasteiger charge is 2.42. The third-order valence-electron chi connectivity index (χ3n) is 7.34. The lowest BCUT2D eigenvalue weighted by molar-refractivity contribution is 0.0323. The van der Waals surface area contributed by atoms with E-state index in [0.29, 0.717) is 0 Å². The number of ether oxygens (including phenoxy) is 1. The van der Waals surface area contributed by atoms with Gasteiger partial charge in [0.25, 0.3) is 0 Å². The molecule has 1 nitrogen and oxygen atoms in total. The standard InChI is InChI=1S/C29H46OS2.C2H6/c1-21(2)9-7-11-23(5)13-17-29(18-14-24(6)12-8-10-22(3)4)25-15-19-31-27(25)28-26(30-29)16-20-32-28;1-2/h15-16,19-24H,7-14,17-18H2,1-6H3;1-2H3. The van der Waals surface area contributed by atoms with Crippen LogP contribution in [0.1, 0.15) is 125 Å². The van der Waals surface area contributed by atoms with Gasteiger partial charge in [-0.2, -0.15) is 0 Å². The van der Waals surface area contributed by atoms with E-state index in [-0.39, 0.29) is 5.60 Å². The number of rotatable bonds is 14. The topological polar surface area (TPSA) is 9.23 Å². The van der Waals surface area contributed by atoms with Gasteiger partial charge in [0.05, 0.1) is 9.75 Å². The largest absolute Gasteiger partial charge is 0.481 e. The minimum atomic E-state index is -0.137. The maximum absolute atomic E-state index is 6.95. The molecule has 3 heterocycles. The highest BCUT2D eigenvalue weighted by Crippen LogP contribution is 2.54. The zero-order chi connectivity index (χ0) is 25.1. The first-order valence-electron chi connectivity index (χ1n) is 14.2. The second kappa shape index (κ2) is 14.7. The van der Waals surface area contributed by atoms with Crippen molar-refractivity contribution in [3.05, 3.63) is 28.5 Å². The van der Waals surface area contributed by atoms with Gasteiger partial charge in [0, 0.05) is 5.56 Å². The van der Waals surface area contributed by atoms with Crippen LogP contribution in [0.15, 0.2) is 22.9 Å². The van der Waals surface area contributed by atoms with Crippen molar-refractivity contribution < 1.29 is 4.74 Å². The summed E-state index contributed by atoms with van der Waals surface area (Å²) in [5.41, 5.74) is 1.34. The number of thiophene rings is 2. The molecule has 2 unspecified atom stereocenters. The van der Waals surface area contributed by atoms with Gasteiger partial charge in [0.1, 0.15) is 11.4 Å². The molecule has 0 bridgehead atoms. The summed E-state index contributed by atoms with van der Waals surface area (Å²) in [6, 6.07) is 4.57. The van der Waals surface area contributed by atoms with E-state index in [9.17, 15) is 0 Å². The normalized spacial score (nSPS) is 18.6. The Labute approximate surface area is 219 Å². The molecule has 2 aromatic rings. The fraction of sp³-hybridized carbons (Fsp3) is 0.742. The SMILES string of the molecule is CC.CC(C)CCCC(C)CCC1(CCC(C)CCCC(C)C)Oc2ccsc2-c2sccc21. The van der Waals surface area contributed by atoms with Crippen molar-refractivity contribution in [1.82, 2.24) is 0 Å². The van der Waals surface area contributed by atoms with E-state index >= 15 is 0 Å². The molecule has 0 aromatic carbocycles. The predicted molar refractivity (Wildman–Crippen MR) is 155 cm³/mol. The fourth-order valence-corrected chi connectivity index (χ4v) is 7.13. The van der Waals surface area contributed by atoms with Crippen LogP contribution in [0.3, 0.4) is 0 Å². The average molecular weight is 505 g/mol. The molecule has 0 aliphatic carbocycles. The van der Waals surface area contributed by atoms with Gasteiger partial charge in [-0.3, -0.25) is 0 Å². The maximum Gasteiger partial charge on any atom is 0.140 e. The van der Waals surface area contributed by atoms with Gasteiger partial charge in [0.15, 0.2) is 0 Å². The molecule has 34 heavy (non-hydrogen) atoms. The van der Waals surface area contributed by atoms with Crippen LogP contribution in [0, 0.1) is 23.7 Å². The molecule has 0 radical (unpaired) electrons. The Morgan fingerprint density at radius 2 is 1.18 bits per heavy atom. The van der Waals surface area contributed by atoms with Gasteiger partial charge in [-0.05, 0) is 72.2 Å². The second-order valence-electron chi connectivity index (χ2n) is 11.3. The molecule has 3 heteroatoms. The molecule has 0 saturated carbocycles. The van der Waals surface area contributed by atoms with Crippen molar-refractivity contribution in [2.24, 2.45) is 23.7 Å². The smallest absolute Gasteiger partial charge is 0.140 e. The van der Waals surface area contributed by atoms with E-state index in [1.54, 1.807) is 0 Å². The summed E-state index contributed by atoms with van der Waals surface area (Å²) < 4.78 is 6.95. The van der Waals surface area contributed by atoms with Gasteiger partial charge < -0.3 is 4.74 Å². The lowest BCUT2D eigenvalue weighted by Gasteiger charge is -2.39. The number of hydrogen-bond acceptors (Lipinski definition) is 3. The van der Waals surface area contributed by atoms with Crippen LogP contribution >= 0.6 is 22.7 Å². The minimum Gasteiger partial charge on any atom is -0.481 e. The van der Waals surface area contributed by atoms with Gasteiger partial charge >= 0.3 is 0 Å². The van der Waals surface area contributed by atoms with Crippen LogP contribution < -0.4 is 4.74 Å². The van der Waals surface area contributed by atoms with E-state index in [0.717, 1.165) is 42.3 Å². The van der Waals surface area contributed by atoms with Crippen molar-refractivity contribution in [3.8, 4) is 15.5 Å². The molecule has 0 fully saturated rings. The Morgan fingerprint density at radius 1 is 0.676 bits per heavy atom. The summed E-state index contributed by atoms with van der Waals surface area (Å²) >= 11 is 3.74. The zero-order valence-electron chi connectivity index (χ0n) is 23.4. The van der Waals surface area contributed by atoms with E-state index in [2.05, 4.69) is 64.4 Å². The predicted octanol–water partition coefficient (Wildman–Crippen LogP) is 11.6. The summed E-state index contributed by atoms with van der Waals surface area (Å²) in [6.07, 6.45) is 12.9. The van der Waals surface area contributed by atoms with Crippen molar-refractivity contribution in [2.45, 2.75) is 125 Å². The Morgan fingerprint density at radius 3 is 1.71 bits per heavy atom. The monoisotopic (exact) mass is 504 g/mol. The summed E-state index contributed by atoms with van der Waals surface area (Å²) in [5.74, 6) is 4.30. The lowest BCUT2D eigenvalue weighted by Crippen LogP contribution is -2.36. The van der Waals surface area contributed by atoms with Crippen molar-refractivity contribution in [1.29, 1.82) is 0 Å². The van der Waals surface area contributed by atoms with Crippen LogP contribution in [0.4, 0.5) is 0 Å². The Hall–Kier alpha value is -0.800. The molecule has 0 N–H and O–H groups in total. The van der Waals surface area contributed by atoms with Gasteiger partial charge in [-0.25, -0.2) is 0 Å². The van der Waals surface area contributed by atoms with E-state index < -0.39 is 0 Å². The molecular weight excluding hydrogens is 452 g/mol. The number of hydrogen-bond donors (Lipinski definition) is 0. The first kappa shape index (κ1) is 29.4. The van der Waals surface area contributed by atoms with Crippen LogP contribution in [0.5, 0.6) is 5.75 Å². The van der Waals surface area contributed by atoms with Crippen LogP contribution in [-0.2, 0) is 5.60 Å². The summed E-state index contributed by atoms with van der Waals surface area (Å²) in [6.45, 7) is 18.3. The molecule has 2 aromatic heterocycles. The molecule has 0 amide bonds. The molecule has 3 rings (SSSR count). The average Bonchev–Trinajstić information content (AvgIpc) is 3.46. The van der Waals surface area contributed by atoms with Crippen LogP contribution in [0.25, 0.3) is 9.75 Å². The van der Waals surface area contributed by atoms with Gasteiger partial charge in [0.2, 0.25) is 0 Å². The third-order valence-corrected chi connectivity index (χ3v) is 9.31. The molecule has 1 aliphatic heterocycles. The van der Waals surface area contributed by atoms with Crippen molar-refractivity contribution in [2.75, 3.05) is 0 Å².